The molecule has 7 nitrogen and oxygen atoms in total. The van der Waals surface area contributed by atoms with Crippen molar-refractivity contribution in [2.75, 3.05) is 27.7 Å². The lowest BCUT2D eigenvalue weighted by Crippen LogP contribution is -2.32. The van der Waals surface area contributed by atoms with Gasteiger partial charge >= 0.3 is 0 Å². The van der Waals surface area contributed by atoms with Gasteiger partial charge in [-0.1, -0.05) is 0 Å². The number of ether oxygens (including phenoxy) is 1. The van der Waals surface area contributed by atoms with Crippen LogP contribution in [0.4, 0.5) is 0 Å². The number of pyridine rings is 1. The number of likely N-dealkylation sites (tertiary alicyclic amines) is 1. The number of carbonyl (C=O) groups excluding carboxylic acids is 1. The summed E-state index contributed by atoms with van der Waals surface area (Å²) in [5.41, 5.74) is 2.59. The first kappa shape index (κ1) is 18.3. The van der Waals surface area contributed by atoms with Gasteiger partial charge in [-0.25, -0.2) is 15.0 Å². The average Bonchev–Trinajstić information content (AvgIpc) is 3.12. The summed E-state index contributed by atoms with van der Waals surface area (Å²) in [5.74, 6) is 1.21. The Morgan fingerprint density at radius 3 is 2.77 bits per heavy atom. The van der Waals surface area contributed by atoms with Crippen LogP contribution in [0.5, 0.6) is 5.88 Å². The van der Waals surface area contributed by atoms with Crippen molar-refractivity contribution in [2.45, 2.75) is 32.4 Å². The van der Waals surface area contributed by atoms with Gasteiger partial charge in [0.1, 0.15) is 5.82 Å². The number of rotatable bonds is 5. The molecule has 3 heterocycles. The second kappa shape index (κ2) is 7.78. The summed E-state index contributed by atoms with van der Waals surface area (Å²) in [6.07, 6.45) is 5.33. The fourth-order valence-corrected chi connectivity index (χ4v) is 3.35. The molecular formula is C19H25N5O2. The Hall–Kier alpha value is -2.54. The number of aromatic nitrogens is 3. The van der Waals surface area contributed by atoms with Crippen molar-refractivity contribution in [3.63, 3.8) is 0 Å². The van der Waals surface area contributed by atoms with Gasteiger partial charge in [-0.05, 0) is 39.9 Å². The van der Waals surface area contributed by atoms with Crippen LogP contribution in [0.2, 0.25) is 0 Å². The Morgan fingerprint density at radius 2 is 2.12 bits per heavy atom. The van der Waals surface area contributed by atoms with Crippen LogP contribution in [0.1, 0.15) is 46.3 Å². The van der Waals surface area contributed by atoms with E-state index in [1.807, 2.05) is 32.1 Å². The number of methoxy groups -OCH3 is 1. The van der Waals surface area contributed by atoms with Crippen LogP contribution in [0.25, 0.3) is 0 Å². The molecule has 7 heteroatoms. The second-order valence-electron chi connectivity index (χ2n) is 6.81. The first-order chi connectivity index (χ1) is 12.5. The van der Waals surface area contributed by atoms with Gasteiger partial charge in [-0.2, -0.15) is 0 Å². The Bertz CT molecular complexity index is 776. The molecule has 0 radical (unpaired) electrons. The quantitative estimate of drug-likeness (QED) is 0.819. The highest BCUT2D eigenvalue weighted by molar-refractivity contribution is 5.94. The second-order valence-corrected chi connectivity index (χ2v) is 6.81. The normalized spacial score (nSPS) is 17.0. The Kier molecular flexibility index (Phi) is 5.46. The molecule has 26 heavy (non-hydrogen) atoms. The molecule has 1 fully saturated rings. The van der Waals surface area contributed by atoms with Crippen LogP contribution >= 0.6 is 0 Å². The first-order valence-corrected chi connectivity index (χ1v) is 8.77. The van der Waals surface area contributed by atoms with Crippen molar-refractivity contribution in [3.05, 3.63) is 47.2 Å². The Morgan fingerprint density at radius 1 is 1.31 bits per heavy atom. The lowest BCUT2D eigenvalue weighted by Gasteiger charge is -2.26. The summed E-state index contributed by atoms with van der Waals surface area (Å²) in [6, 6.07) is 3.45. The van der Waals surface area contributed by atoms with Crippen LogP contribution in [0.3, 0.4) is 0 Å². The molecule has 1 unspecified atom stereocenters. The largest absolute Gasteiger partial charge is 0.481 e. The molecule has 3 rings (SSSR count). The maximum atomic E-state index is 13.0. The summed E-state index contributed by atoms with van der Waals surface area (Å²) in [7, 11) is 5.60. The molecule has 0 spiro atoms. The van der Waals surface area contributed by atoms with Gasteiger partial charge < -0.3 is 14.5 Å². The topological polar surface area (TPSA) is 71.5 Å². The predicted octanol–water partition coefficient (Wildman–Crippen LogP) is 2.23. The van der Waals surface area contributed by atoms with Crippen LogP contribution in [0, 0.1) is 6.92 Å². The third-order valence-electron chi connectivity index (χ3n) is 4.53. The van der Waals surface area contributed by atoms with E-state index >= 15 is 0 Å². The van der Waals surface area contributed by atoms with E-state index in [0.717, 1.165) is 43.0 Å². The number of aryl methyl sites for hydroxylation is 1. The van der Waals surface area contributed by atoms with Gasteiger partial charge in [0.15, 0.2) is 0 Å². The number of amides is 1. The molecule has 1 amide bonds. The van der Waals surface area contributed by atoms with E-state index < -0.39 is 0 Å². The average molecular weight is 355 g/mol. The lowest BCUT2D eigenvalue weighted by molar-refractivity contribution is 0.0731. The van der Waals surface area contributed by atoms with E-state index in [9.17, 15) is 4.79 Å². The molecule has 0 N–H and O–H groups in total. The van der Waals surface area contributed by atoms with Crippen molar-refractivity contribution < 1.29 is 9.53 Å². The maximum Gasteiger partial charge on any atom is 0.255 e. The van der Waals surface area contributed by atoms with Crippen molar-refractivity contribution in [1.82, 2.24) is 24.8 Å². The Labute approximate surface area is 154 Å². The maximum absolute atomic E-state index is 13.0. The zero-order chi connectivity index (χ0) is 18.7. The van der Waals surface area contributed by atoms with E-state index in [4.69, 9.17) is 9.72 Å². The van der Waals surface area contributed by atoms with Crippen LogP contribution in [-0.2, 0) is 6.54 Å². The fourth-order valence-electron chi connectivity index (χ4n) is 3.35. The third-order valence-corrected chi connectivity index (χ3v) is 4.53. The van der Waals surface area contributed by atoms with Crippen molar-refractivity contribution >= 4 is 5.91 Å². The van der Waals surface area contributed by atoms with Crippen molar-refractivity contribution in [2.24, 2.45) is 0 Å². The third kappa shape index (κ3) is 3.83. The summed E-state index contributed by atoms with van der Waals surface area (Å²) in [5, 5.41) is 0. The zero-order valence-electron chi connectivity index (χ0n) is 15.8. The molecule has 0 aromatic carbocycles. The van der Waals surface area contributed by atoms with Gasteiger partial charge in [0.05, 0.1) is 24.4 Å². The van der Waals surface area contributed by atoms with Gasteiger partial charge in [0, 0.05) is 37.1 Å². The molecule has 1 aliphatic heterocycles. The number of hydrogen-bond donors (Lipinski definition) is 0. The predicted molar refractivity (Wildman–Crippen MR) is 98.0 cm³/mol. The van der Waals surface area contributed by atoms with Gasteiger partial charge in [-0.15, -0.1) is 0 Å². The molecule has 0 saturated carbocycles. The summed E-state index contributed by atoms with van der Waals surface area (Å²) in [6.45, 7) is 3.36. The minimum atomic E-state index is -0.0266. The SMILES string of the molecule is COc1ccc(C(=O)N2CCCC2c2nc(C)ncc2CN(C)C)cn1. The lowest BCUT2D eigenvalue weighted by atomic mass is 10.0. The minimum Gasteiger partial charge on any atom is -0.481 e. The monoisotopic (exact) mass is 355 g/mol. The van der Waals surface area contributed by atoms with Crippen molar-refractivity contribution in [3.8, 4) is 5.88 Å². The summed E-state index contributed by atoms with van der Waals surface area (Å²) in [4.78, 5) is 30.2. The van der Waals surface area contributed by atoms with E-state index in [1.54, 1.807) is 25.4 Å². The molecule has 0 bridgehead atoms. The molecular weight excluding hydrogens is 330 g/mol. The van der Waals surface area contributed by atoms with Gasteiger partial charge in [-0.3, -0.25) is 4.79 Å². The highest BCUT2D eigenvalue weighted by Gasteiger charge is 2.33. The minimum absolute atomic E-state index is 0.0188. The Balaban J connectivity index is 1.90. The molecule has 2 aromatic rings. The van der Waals surface area contributed by atoms with Gasteiger partial charge in [0.25, 0.3) is 5.91 Å². The molecule has 0 aliphatic carbocycles. The molecule has 2 aromatic heterocycles. The van der Waals surface area contributed by atoms with Crippen LogP contribution in [0.15, 0.2) is 24.5 Å². The fraction of sp³-hybridized carbons (Fsp3) is 0.474. The van der Waals surface area contributed by atoms with E-state index in [2.05, 4.69) is 14.9 Å². The molecule has 138 valence electrons. The van der Waals surface area contributed by atoms with E-state index in [-0.39, 0.29) is 11.9 Å². The number of nitrogens with zero attached hydrogens (tertiary/aromatic N) is 5. The number of hydrogen-bond acceptors (Lipinski definition) is 6. The van der Waals surface area contributed by atoms with Crippen LogP contribution in [-0.4, -0.2) is 58.4 Å². The zero-order valence-corrected chi connectivity index (χ0v) is 15.8. The smallest absolute Gasteiger partial charge is 0.255 e. The first-order valence-electron chi connectivity index (χ1n) is 8.77. The standard InChI is InChI=1S/C19H25N5O2/c1-13-20-11-15(12-23(2)3)18(22-13)16-6-5-9-24(16)19(25)14-7-8-17(26-4)21-10-14/h7-8,10-11,16H,5-6,9,12H2,1-4H3. The van der Waals surface area contributed by atoms with E-state index in [1.165, 1.54) is 0 Å². The van der Waals surface area contributed by atoms with Crippen LogP contribution < -0.4 is 4.74 Å². The van der Waals surface area contributed by atoms with Gasteiger partial charge in [0.2, 0.25) is 5.88 Å². The summed E-state index contributed by atoms with van der Waals surface area (Å²) >= 11 is 0. The van der Waals surface area contributed by atoms with E-state index in [0.29, 0.717) is 11.4 Å². The highest BCUT2D eigenvalue weighted by atomic mass is 16.5. The number of carbonyl (C=O) groups is 1. The molecule has 1 atom stereocenters. The van der Waals surface area contributed by atoms with Crippen molar-refractivity contribution in [1.29, 1.82) is 0 Å². The highest BCUT2D eigenvalue weighted by Crippen LogP contribution is 2.34. The summed E-state index contributed by atoms with van der Waals surface area (Å²) < 4.78 is 5.07. The molecule has 1 aliphatic rings. The molecule has 1 saturated heterocycles.